The summed E-state index contributed by atoms with van der Waals surface area (Å²) in [5, 5.41) is 5.56. The standard InChI is InChI=1S/C23H19FN2O4S/c1-14-26-13-20(30-14)23-19(15-3-7-17(24)8-4-15)11-12-21(31(25,27)28)22(23)16-5-9-18(29-2)10-6-16/h3-13H,1-2H3,(H2,25,27,28). The third kappa shape index (κ3) is 4.08. The molecular formula is C23H19FN2O4S. The number of nitrogens with zero attached hydrogens (tertiary/aromatic N) is 1. The summed E-state index contributed by atoms with van der Waals surface area (Å²) in [7, 11) is -2.54. The number of nitrogens with two attached hydrogens (primary N) is 1. The van der Waals surface area contributed by atoms with Crippen LogP contribution in [0, 0.1) is 12.7 Å². The average molecular weight is 438 g/mol. The van der Waals surface area contributed by atoms with Gasteiger partial charge >= 0.3 is 0 Å². The first-order valence-electron chi connectivity index (χ1n) is 9.31. The van der Waals surface area contributed by atoms with Crippen molar-refractivity contribution < 1.29 is 22.0 Å². The first-order valence-corrected chi connectivity index (χ1v) is 10.9. The molecule has 6 nitrogen and oxygen atoms in total. The van der Waals surface area contributed by atoms with E-state index < -0.39 is 10.0 Å². The van der Waals surface area contributed by atoms with E-state index in [0.29, 0.717) is 45.2 Å². The normalized spacial score (nSPS) is 11.5. The molecule has 1 heterocycles. The van der Waals surface area contributed by atoms with Gasteiger partial charge in [0, 0.05) is 18.1 Å². The molecule has 0 spiro atoms. The van der Waals surface area contributed by atoms with E-state index in [1.165, 1.54) is 24.4 Å². The van der Waals surface area contributed by atoms with E-state index in [9.17, 15) is 12.8 Å². The van der Waals surface area contributed by atoms with Gasteiger partial charge in [-0.2, -0.15) is 0 Å². The third-order valence-corrected chi connectivity index (χ3v) is 5.83. The Hall–Kier alpha value is -3.49. The van der Waals surface area contributed by atoms with Crippen LogP contribution in [0.25, 0.3) is 33.6 Å². The number of oxazole rings is 1. The Kier molecular flexibility index (Phi) is 5.34. The van der Waals surface area contributed by atoms with Gasteiger partial charge in [0.25, 0.3) is 0 Å². The molecule has 4 aromatic rings. The molecule has 4 rings (SSSR count). The Morgan fingerprint density at radius 2 is 1.58 bits per heavy atom. The van der Waals surface area contributed by atoms with Crippen molar-refractivity contribution in [1.29, 1.82) is 0 Å². The lowest BCUT2D eigenvalue weighted by atomic mass is 9.90. The van der Waals surface area contributed by atoms with E-state index in [-0.39, 0.29) is 10.7 Å². The highest BCUT2D eigenvalue weighted by atomic mass is 32.2. The number of primary sulfonamides is 1. The molecule has 0 unspecified atom stereocenters. The molecule has 0 amide bonds. The largest absolute Gasteiger partial charge is 0.497 e. The SMILES string of the molecule is COc1ccc(-c2c(S(N)(=O)=O)ccc(-c3ccc(F)cc3)c2-c2cnc(C)o2)cc1. The van der Waals surface area contributed by atoms with E-state index in [1.807, 2.05) is 0 Å². The van der Waals surface area contributed by atoms with Gasteiger partial charge in [0.2, 0.25) is 10.0 Å². The van der Waals surface area contributed by atoms with Crippen LogP contribution in [0.3, 0.4) is 0 Å². The summed E-state index contributed by atoms with van der Waals surface area (Å²) in [5.74, 6) is 1.03. The summed E-state index contributed by atoms with van der Waals surface area (Å²) in [4.78, 5) is 4.11. The summed E-state index contributed by atoms with van der Waals surface area (Å²) in [6.45, 7) is 1.69. The van der Waals surface area contributed by atoms with Gasteiger partial charge in [0.15, 0.2) is 11.7 Å². The molecular weight excluding hydrogens is 419 g/mol. The maximum Gasteiger partial charge on any atom is 0.238 e. The number of sulfonamides is 1. The van der Waals surface area contributed by atoms with E-state index in [1.54, 1.807) is 56.5 Å². The van der Waals surface area contributed by atoms with Crippen LogP contribution in [-0.2, 0) is 10.0 Å². The zero-order valence-electron chi connectivity index (χ0n) is 16.8. The number of benzene rings is 3. The van der Waals surface area contributed by atoms with Crippen LogP contribution in [0.4, 0.5) is 4.39 Å². The maximum atomic E-state index is 13.5. The third-order valence-electron chi connectivity index (χ3n) is 4.88. The Labute approximate surface area is 179 Å². The first kappa shape index (κ1) is 20.8. The highest BCUT2D eigenvalue weighted by molar-refractivity contribution is 7.89. The van der Waals surface area contributed by atoms with Gasteiger partial charge in [0.1, 0.15) is 11.6 Å². The lowest BCUT2D eigenvalue weighted by molar-refractivity contribution is 0.415. The molecule has 31 heavy (non-hydrogen) atoms. The van der Waals surface area contributed by atoms with Gasteiger partial charge < -0.3 is 9.15 Å². The van der Waals surface area contributed by atoms with Gasteiger partial charge in [-0.25, -0.2) is 22.9 Å². The van der Waals surface area contributed by atoms with Crippen molar-refractivity contribution in [3.63, 3.8) is 0 Å². The maximum absolute atomic E-state index is 13.5. The monoisotopic (exact) mass is 438 g/mol. The average Bonchev–Trinajstić information content (AvgIpc) is 3.18. The molecule has 0 bridgehead atoms. The molecule has 0 aliphatic carbocycles. The Balaban J connectivity index is 2.12. The van der Waals surface area contributed by atoms with Gasteiger partial charge in [-0.3, -0.25) is 0 Å². The molecule has 0 saturated heterocycles. The van der Waals surface area contributed by atoms with E-state index in [4.69, 9.17) is 14.3 Å². The van der Waals surface area contributed by atoms with Crippen LogP contribution >= 0.6 is 0 Å². The smallest absolute Gasteiger partial charge is 0.238 e. The molecule has 3 aromatic carbocycles. The molecule has 158 valence electrons. The number of hydrogen-bond donors (Lipinski definition) is 1. The predicted octanol–water partition coefficient (Wildman–Crippen LogP) is 4.78. The summed E-state index contributed by atoms with van der Waals surface area (Å²) in [6.07, 6.45) is 1.53. The summed E-state index contributed by atoms with van der Waals surface area (Å²) < 4.78 is 49.5. The Morgan fingerprint density at radius 3 is 2.13 bits per heavy atom. The van der Waals surface area contributed by atoms with Crippen LogP contribution < -0.4 is 9.88 Å². The van der Waals surface area contributed by atoms with Crippen molar-refractivity contribution in [2.24, 2.45) is 5.14 Å². The molecule has 0 atom stereocenters. The minimum atomic E-state index is -4.08. The van der Waals surface area contributed by atoms with Gasteiger partial charge in [-0.05, 0) is 47.0 Å². The van der Waals surface area contributed by atoms with Crippen molar-refractivity contribution in [2.75, 3.05) is 7.11 Å². The molecule has 0 radical (unpaired) electrons. The van der Waals surface area contributed by atoms with Crippen molar-refractivity contribution in [1.82, 2.24) is 4.98 Å². The van der Waals surface area contributed by atoms with Crippen LogP contribution in [0.1, 0.15) is 5.89 Å². The van der Waals surface area contributed by atoms with Gasteiger partial charge in [0.05, 0.1) is 18.2 Å². The zero-order valence-corrected chi connectivity index (χ0v) is 17.6. The highest BCUT2D eigenvalue weighted by Gasteiger charge is 2.25. The number of methoxy groups -OCH3 is 1. The molecule has 0 aliphatic heterocycles. The number of ether oxygens (including phenoxy) is 1. The van der Waals surface area contributed by atoms with Crippen molar-refractivity contribution in [3.05, 3.63) is 78.6 Å². The minimum Gasteiger partial charge on any atom is -0.497 e. The predicted molar refractivity (Wildman–Crippen MR) is 115 cm³/mol. The van der Waals surface area contributed by atoms with E-state index >= 15 is 0 Å². The molecule has 0 aliphatic rings. The fourth-order valence-corrected chi connectivity index (χ4v) is 4.23. The van der Waals surface area contributed by atoms with Crippen molar-refractivity contribution in [2.45, 2.75) is 11.8 Å². The first-order chi connectivity index (χ1) is 14.8. The quantitative estimate of drug-likeness (QED) is 0.484. The molecule has 0 saturated carbocycles. The van der Waals surface area contributed by atoms with Crippen LogP contribution in [0.15, 0.2) is 76.2 Å². The number of aryl methyl sites for hydroxylation is 1. The number of halogens is 1. The Morgan fingerprint density at radius 1 is 0.935 bits per heavy atom. The second kappa shape index (κ2) is 7.98. The molecule has 1 aromatic heterocycles. The van der Waals surface area contributed by atoms with Crippen LogP contribution in [-0.4, -0.2) is 20.5 Å². The number of aromatic nitrogens is 1. The second-order valence-corrected chi connectivity index (χ2v) is 8.42. The summed E-state index contributed by atoms with van der Waals surface area (Å²) in [6, 6.07) is 15.9. The van der Waals surface area contributed by atoms with E-state index in [2.05, 4.69) is 4.98 Å². The van der Waals surface area contributed by atoms with Crippen LogP contribution in [0.5, 0.6) is 5.75 Å². The summed E-state index contributed by atoms with van der Waals surface area (Å²) in [5.41, 5.74) is 2.78. The van der Waals surface area contributed by atoms with E-state index in [0.717, 1.165) is 0 Å². The fourth-order valence-electron chi connectivity index (χ4n) is 3.47. The number of rotatable bonds is 5. The molecule has 2 N–H and O–H groups in total. The summed E-state index contributed by atoms with van der Waals surface area (Å²) >= 11 is 0. The molecule has 0 fully saturated rings. The minimum absolute atomic E-state index is 0.0624. The van der Waals surface area contributed by atoms with Crippen molar-refractivity contribution >= 4 is 10.0 Å². The zero-order chi connectivity index (χ0) is 22.2. The number of hydrogen-bond acceptors (Lipinski definition) is 5. The second-order valence-electron chi connectivity index (χ2n) is 6.89. The van der Waals surface area contributed by atoms with Crippen molar-refractivity contribution in [3.8, 4) is 39.3 Å². The topological polar surface area (TPSA) is 95.4 Å². The Bertz CT molecular complexity index is 1350. The highest BCUT2D eigenvalue weighted by Crippen LogP contribution is 2.43. The molecule has 8 heteroatoms. The lowest BCUT2D eigenvalue weighted by Crippen LogP contribution is -2.14. The fraction of sp³-hybridized carbons (Fsp3) is 0.0870. The van der Waals surface area contributed by atoms with Crippen LogP contribution in [0.2, 0.25) is 0 Å². The van der Waals surface area contributed by atoms with Gasteiger partial charge in [-0.1, -0.05) is 30.3 Å². The van der Waals surface area contributed by atoms with Gasteiger partial charge in [-0.15, -0.1) is 0 Å². The lowest BCUT2D eigenvalue weighted by Gasteiger charge is -2.17.